The van der Waals surface area contributed by atoms with Gasteiger partial charge in [-0.15, -0.1) is 0 Å². The summed E-state index contributed by atoms with van der Waals surface area (Å²) in [5, 5.41) is 4.26. The molecule has 0 saturated carbocycles. The smallest absolute Gasteiger partial charge is 0.137 e. The molecule has 0 aliphatic rings. The Kier molecular flexibility index (Phi) is 3.44. The summed E-state index contributed by atoms with van der Waals surface area (Å²) in [7, 11) is 0. The lowest BCUT2D eigenvalue weighted by atomic mass is 10.3. The highest BCUT2D eigenvalue weighted by atomic mass is 31.2. The summed E-state index contributed by atoms with van der Waals surface area (Å²) < 4.78 is 18.2. The van der Waals surface area contributed by atoms with Gasteiger partial charge in [-0.25, -0.2) is 0 Å². The van der Waals surface area contributed by atoms with Crippen LogP contribution in [0, 0.1) is 0 Å². The van der Waals surface area contributed by atoms with E-state index in [1.54, 1.807) is 6.26 Å². The summed E-state index contributed by atoms with van der Waals surface area (Å²) in [6, 6.07) is 28.5. The second-order valence-corrected chi connectivity index (χ2v) is 10.2. The summed E-state index contributed by atoms with van der Waals surface area (Å²) in [5.74, 6) is 0. The SMILES string of the molecule is C=P(c1ccc2occc2c1)(c1cc2ccccc2o1)c1cc2ccccc2o1. The van der Waals surface area contributed by atoms with E-state index in [4.69, 9.17) is 19.6 Å². The van der Waals surface area contributed by atoms with Crippen LogP contribution in [-0.4, -0.2) is 6.30 Å². The molecule has 0 bridgehead atoms. The van der Waals surface area contributed by atoms with Gasteiger partial charge in [0.1, 0.15) is 27.8 Å². The van der Waals surface area contributed by atoms with Gasteiger partial charge in [0.25, 0.3) is 0 Å². The van der Waals surface area contributed by atoms with E-state index in [9.17, 15) is 0 Å². The minimum absolute atomic E-state index is 0.848. The highest BCUT2D eigenvalue weighted by Gasteiger charge is 2.30. The fourth-order valence-corrected chi connectivity index (χ4v) is 6.51. The van der Waals surface area contributed by atoms with Crippen LogP contribution in [0.25, 0.3) is 32.9 Å². The first-order chi connectivity index (χ1) is 14.2. The number of hydrogen-bond acceptors (Lipinski definition) is 3. The zero-order valence-electron chi connectivity index (χ0n) is 15.5. The van der Waals surface area contributed by atoms with Crippen LogP contribution in [0.5, 0.6) is 0 Å². The molecular formula is C25H17O3P. The predicted octanol–water partition coefficient (Wildman–Crippen LogP) is 5.65. The van der Waals surface area contributed by atoms with Crippen LogP contribution in [0.3, 0.4) is 0 Å². The molecule has 6 rings (SSSR count). The van der Waals surface area contributed by atoms with E-state index in [2.05, 4.69) is 36.4 Å². The molecule has 3 heterocycles. The average molecular weight is 396 g/mol. The summed E-state index contributed by atoms with van der Waals surface area (Å²) >= 11 is 0. The molecule has 3 nitrogen and oxygen atoms in total. The Morgan fingerprint density at radius 1 is 0.586 bits per heavy atom. The van der Waals surface area contributed by atoms with Crippen molar-refractivity contribution in [3.8, 4) is 0 Å². The van der Waals surface area contributed by atoms with Gasteiger partial charge in [0.2, 0.25) is 0 Å². The van der Waals surface area contributed by atoms with Crippen molar-refractivity contribution in [2.45, 2.75) is 0 Å². The Balaban J connectivity index is 1.67. The molecule has 0 amide bonds. The van der Waals surface area contributed by atoms with Crippen LogP contribution in [0.15, 0.2) is 104 Å². The largest absolute Gasteiger partial charge is 0.464 e. The van der Waals surface area contributed by atoms with Gasteiger partial charge in [0, 0.05) is 23.0 Å². The van der Waals surface area contributed by atoms with Crippen LogP contribution in [-0.2, 0) is 0 Å². The minimum atomic E-state index is -2.38. The number of para-hydroxylation sites is 2. The van der Waals surface area contributed by atoms with Gasteiger partial charge < -0.3 is 13.3 Å². The maximum atomic E-state index is 6.34. The van der Waals surface area contributed by atoms with Crippen molar-refractivity contribution in [2.75, 3.05) is 0 Å². The first-order valence-electron chi connectivity index (χ1n) is 9.41. The number of benzene rings is 3. The molecule has 6 aromatic rings. The van der Waals surface area contributed by atoms with Crippen molar-refractivity contribution in [1.82, 2.24) is 0 Å². The Hall–Kier alpha value is -3.42. The van der Waals surface area contributed by atoms with Gasteiger partial charge in [0.05, 0.1) is 6.26 Å². The lowest BCUT2D eigenvalue weighted by Crippen LogP contribution is -2.23. The zero-order valence-corrected chi connectivity index (χ0v) is 16.4. The summed E-state index contributed by atoms with van der Waals surface area (Å²) in [6.45, 7) is -2.38. The molecule has 140 valence electrons. The van der Waals surface area contributed by atoms with Crippen molar-refractivity contribution < 1.29 is 13.3 Å². The van der Waals surface area contributed by atoms with Gasteiger partial charge in [-0.3, -0.25) is 0 Å². The maximum absolute atomic E-state index is 6.34. The number of fused-ring (bicyclic) bond motifs is 3. The fraction of sp³-hybridized carbons (Fsp3) is 0. The Labute approximate surface area is 167 Å². The monoisotopic (exact) mass is 396 g/mol. The standard InChI is InChI=1S/C25H17O3P/c1-29(20-10-11-21-19(14-20)12-13-26-21,24-15-17-6-2-4-8-22(17)27-24)25-16-18-7-3-5-9-23(18)28-25/h2-16H,1H2. The quantitative estimate of drug-likeness (QED) is 0.363. The molecule has 4 heteroatoms. The molecule has 0 spiro atoms. The van der Waals surface area contributed by atoms with Gasteiger partial charge in [0.15, 0.2) is 0 Å². The summed E-state index contributed by atoms with van der Waals surface area (Å²) in [5.41, 5.74) is 4.27. The molecule has 3 aromatic carbocycles. The van der Waals surface area contributed by atoms with Crippen molar-refractivity contribution in [1.29, 1.82) is 0 Å². The molecule has 29 heavy (non-hydrogen) atoms. The van der Waals surface area contributed by atoms with Crippen LogP contribution < -0.4 is 16.3 Å². The molecule has 0 aliphatic carbocycles. The van der Waals surface area contributed by atoms with E-state index in [-0.39, 0.29) is 0 Å². The lowest BCUT2D eigenvalue weighted by molar-refractivity contribution is 0.616. The minimum Gasteiger partial charge on any atom is -0.464 e. The van der Waals surface area contributed by atoms with Crippen LogP contribution in [0.4, 0.5) is 0 Å². The highest BCUT2D eigenvalue weighted by Crippen LogP contribution is 2.45. The third-order valence-corrected chi connectivity index (χ3v) is 8.56. The molecule has 0 atom stereocenters. The second kappa shape index (κ2) is 6.04. The van der Waals surface area contributed by atoms with Gasteiger partial charge in [-0.2, -0.15) is 0 Å². The average Bonchev–Trinajstić information content (AvgIpc) is 3.49. The molecule has 0 aliphatic heterocycles. The third kappa shape index (κ3) is 2.45. The van der Waals surface area contributed by atoms with E-state index in [1.807, 2.05) is 48.5 Å². The van der Waals surface area contributed by atoms with E-state index in [1.165, 1.54) is 0 Å². The molecular weight excluding hydrogens is 379 g/mol. The van der Waals surface area contributed by atoms with Crippen molar-refractivity contribution >= 4 is 62.4 Å². The molecule has 0 radical (unpaired) electrons. The number of hydrogen-bond donors (Lipinski definition) is 0. The Bertz CT molecular complexity index is 1390. The number of furan rings is 3. The predicted molar refractivity (Wildman–Crippen MR) is 122 cm³/mol. The van der Waals surface area contributed by atoms with E-state index in [0.717, 1.165) is 49.2 Å². The van der Waals surface area contributed by atoms with Crippen LogP contribution in [0.1, 0.15) is 0 Å². The first kappa shape index (κ1) is 16.5. The summed E-state index contributed by atoms with van der Waals surface area (Å²) in [6.07, 6.45) is 6.46. The van der Waals surface area contributed by atoms with Crippen LogP contribution in [0.2, 0.25) is 0 Å². The van der Waals surface area contributed by atoms with Gasteiger partial charge in [-0.05, 0) is 53.8 Å². The van der Waals surface area contributed by atoms with Crippen molar-refractivity contribution in [3.63, 3.8) is 0 Å². The van der Waals surface area contributed by atoms with Crippen LogP contribution >= 0.6 is 6.89 Å². The second-order valence-electron chi connectivity index (χ2n) is 7.20. The zero-order chi connectivity index (χ0) is 19.4. The normalized spacial score (nSPS) is 12.3. The molecule has 0 fully saturated rings. The molecule has 0 saturated heterocycles. The Morgan fingerprint density at radius 2 is 1.17 bits per heavy atom. The highest BCUT2D eigenvalue weighted by molar-refractivity contribution is 7.92. The van der Waals surface area contributed by atoms with Gasteiger partial charge >= 0.3 is 0 Å². The lowest BCUT2D eigenvalue weighted by Gasteiger charge is -2.20. The molecule has 3 aromatic heterocycles. The Morgan fingerprint density at radius 3 is 1.79 bits per heavy atom. The van der Waals surface area contributed by atoms with E-state index >= 15 is 0 Å². The molecule has 0 N–H and O–H groups in total. The fourth-order valence-electron chi connectivity index (χ4n) is 3.87. The molecule has 0 unspecified atom stereocenters. The summed E-state index contributed by atoms with van der Waals surface area (Å²) in [4.78, 5) is 0. The maximum Gasteiger partial charge on any atom is 0.137 e. The van der Waals surface area contributed by atoms with Crippen molar-refractivity contribution in [2.24, 2.45) is 0 Å². The van der Waals surface area contributed by atoms with Crippen molar-refractivity contribution in [3.05, 3.63) is 91.2 Å². The van der Waals surface area contributed by atoms with Gasteiger partial charge in [-0.1, -0.05) is 42.7 Å². The van der Waals surface area contributed by atoms with E-state index in [0.29, 0.717) is 0 Å². The third-order valence-electron chi connectivity index (χ3n) is 5.45. The van der Waals surface area contributed by atoms with E-state index < -0.39 is 6.89 Å². The topological polar surface area (TPSA) is 39.4 Å². The number of rotatable bonds is 3. The first-order valence-corrected chi connectivity index (χ1v) is 11.4.